The number of sulfonamides is 1. The lowest BCUT2D eigenvalue weighted by Crippen LogP contribution is -2.15. The van der Waals surface area contributed by atoms with Gasteiger partial charge in [0, 0.05) is 0 Å². The number of aromatic nitrogens is 1. The third-order valence-electron chi connectivity index (χ3n) is 1.36. The summed E-state index contributed by atoms with van der Waals surface area (Å²) in [5, 5.41) is 0.260. The third-order valence-corrected chi connectivity index (χ3v) is 2.85. The predicted molar refractivity (Wildman–Crippen MR) is 52.3 cm³/mol. The van der Waals surface area contributed by atoms with Gasteiger partial charge in [-0.1, -0.05) is 17.7 Å². The van der Waals surface area contributed by atoms with Crippen LogP contribution in [0.15, 0.2) is 18.2 Å². The molecule has 0 radical (unpaired) electrons. The number of nitrogens with zero attached hydrogens (tertiary/aromatic N) is 1. The molecule has 0 fully saturated rings. The molecule has 4 nitrogen and oxygen atoms in total. The molecule has 1 aromatic heterocycles. The summed E-state index contributed by atoms with van der Waals surface area (Å²) in [5.74, 6) is 0.260. The Morgan fingerprint density at radius 1 is 1.54 bits per heavy atom. The first-order chi connectivity index (χ1) is 6.03. The normalized spacial score (nSPS) is 11.2. The van der Waals surface area contributed by atoms with Crippen LogP contribution in [0, 0.1) is 0 Å². The quantitative estimate of drug-likeness (QED) is 0.786. The molecule has 0 atom stereocenters. The third kappa shape index (κ3) is 3.20. The Labute approximate surface area is 82.0 Å². The second kappa shape index (κ2) is 3.93. The maximum Gasteiger partial charge on any atom is 0.233 e. The number of nitrogens with one attached hydrogen (secondary N) is 1. The van der Waals surface area contributed by atoms with Gasteiger partial charge in [-0.3, -0.25) is 4.72 Å². The Morgan fingerprint density at radius 2 is 2.23 bits per heavy atom. The summed E-state index contributed by atoms with van der Waals surface area (Å²) in [6.07, 6.45) is 0. The molecule has 1 N–H and O–H groups in total. The Bertz CT molecular complexity index is 391. The Hall–Kier alpha value is -0.810. The predicted octanol–water partition coefficient (Wildman–Crippen LogP) is 1.50. The van der Waals surface area contributed by atoms with Gasteiger partial charge in [-0.05, 0) is 19.1 Å². The van der Waals surface area contributed by atoms with E-state index in [1.54, 1.807) is 25.1 Å². The Kier molecular flexibility index (Phi) is 3.11. The van der Waals surface area contributed by atoms with E-state index in [1.807, 2.05) is 0 Å². The molecule has 0 saturated heterocycles. The van der Waals surface area contributed by atoms with Gasteiger partial charge in [-0.2, -0.15) is 0 Å². The van der Waals surface area contributed by atoms with E-state index in [0.717, 1.165) is 0 Å². The van der Waals surface area contributed by atoms with Gasteiger partial charge in [-0.15, -0.1) is 0 Å². The number of halogens is 1. The number of hydrogen-bond acceptors (Lipinski definition) is 3. The van der Waals surface area contributed by atoms with Crippen LogP contribution in [0.2, 0.25) is 5.15 Å². The van der Waals surface area contributed by atoms with Gasteiger partial charge in [0.15, 0.2) is 0 Å². The van der Waals surface area contributed by atoms with Crippen LogP contribution in [0.1, 0.15) is 6.92 Å². The summed E-state index contributed by atoms with van der Waals surface area (Å²) in [7, 11) is -3.26. The fourth-order valence-electron chi connectivity index (χ4n) is 0.697. The van der Waals surface area contributed by atoms with E-state index in [9.17, 15) is 8.42 Å². The minimum Gasteiger partial charge on any atom is -0.267 e. The summed E-state index contributed by atoms with van der Waals surface area (Å²) in [6, 6.07) is 4.74. The standard InChI is InChI=1S/C7H9ClN2O2S/c1-2-13(11,12)10-7-5-3-4-6(8)9-7/h3-5H,2H2,1H3,(H,9,10). The van der Waals surface area contributed by atoms with E-state index in [4.69, 9.17) is 11.6 Å². The fourth-order valence-corrected chi connectivity index (χ4v) is 1.44. The van der Waals surface area contributed by atoms with E-state index < -0.39 is 10.0 Å². The lowest BCUT2D eigenvalue weighted by Gasteiger charge is -2.03. The molecule has 6 heteroatoms. The SMILES string of the molecule is CCS(=O)(=O)Nc1cccc(Cl)n1. The van der Waals surface area contributed by atoms with Gasteiger partial charge in [0.2, 0.25) is 10.0 Å². The van der Waals surface area contributed by atoms with Crippen LogP contribution in [0.3, 0.4) is 0 Å². The fraction of sp³-hybridized carbons (Fsp3) is 0.286. The maximum atomic E-state index is 11.1. The van der Waals surface area contributed by atoms with Gasteiger partial charge in [-0.25, -0.2) is 13.4 Å². The Balaban J connectivity index is 2.87. The van der Waals surface area contributed by atoms with Gasteiger partial charge in [0.1, 0.15) is 11.0 Å². The molecule has 0 aromatic carbocycles. The highest BCUT2D eigenvalue weighted by molar-refractivity contribution is 7.92. The number of pyridine rings is 1. The van der Waals surface area contributed by atoms with Crippen molar-refractivity contribution in [3.63, 3.8) is 0 Å². The van der Waals surface area contributed by atoms with Crippen LogP contribution >= 0.6 is 11.6 Å². The van der Waals surface area contributed by atoms with Crippen molar-refractivity contribution in [2.45, 2.75) is 6.92 Å². The first kappa shape index (κ1) is 10.3. The first-order valence-corrected chi connectivity index (χ1v) is 5.69. The summed E-state index contributed by atoms with van der Waals surface area (Å²) in [4.78, 5) is 3.78. The van der Waals surface area contributed by atoms with Crippen LogP contribution in [-0.4, -0.2) is 19.2 Å². The van der Waals surface area contributed by atoms with Crippen molar-refractivity contribution >= 4 is 27.4 Å². The lowest BCUT2D eigenvalue weighted by atomic mass is 10.5. The van der Waals surface area contributed by atoms with Crippen LogP contribution in [-0.2, 0) is 10.0 Å². The molecule has 0 aliphatic carbocycles. The van der Waals surface area contributed by atoms with Crippen LogP contribution in [0.25, 0.3) is 0 Å². The van der Waals surface area contributed by atoms with Gasteiger partial charge < -0.3 is 0 Å². The minimum atomic E-state index is -3.26. The van der Waals surface area contributed by atoms with E-state index in [-0.39, 0.29) is 16.7 Å². The molecule has 1 aromatic rings. The molecule has 1 rings (SSSR count). The molecule has 0 bridgehead atoms. The number of rotatable bonds is 3. The van der Waals surface area contributed by atoms with Crippen molar-refractivity contribution in [3.05, 3.63) is 23.4 Å². The average molecular weight is 221 g/mol. The summed E-state index contributed by atoms with van der Waals surface area (Å²) in [6.45, 7) is 1.55. The van der Waals surface area contributed by atoms with Gasteiger partial charge >= 0.3 is 0 Å². The van der Waals surface area contributed by atoms with E-state index in [2.05, 4.69) is 9.71 Å². The molecule has 13 heavy (non-hydrogen) atoms. The molecular formula is C7H9ClN2O2S. The van der Waals surface area contributed by atoms with E-state index in [0.29, 0.717) is 0 Å². The molecule has 72 valence electrons. The molecule has 0 unspecified atom stereocenters. The monoisotopic (exact) mass is 220 g/mol. The largest absolute Gasteiger partial charge is 0.267 e. The highest BCUT2D eigenvalue weighted by Gasteiger charge is 2.06. The van der Waals surface area contributed by atoms with E-state index in [1.165, 1.54) is 0 Å². The highest BCUT2D eigenvalue weighted by atomic mass is 35.5. The molecule has 1 heterocycles. The second-order valence-electron chi connectivity index (χ2n) is 2.35. The van der Waals surface area contributed by atoms with Crippen molar-refractivity contribution < 1.29 is 8.42 Å². The first-order valence-electron chi connectivity index (χ1n) is 3.66. The minimum absolute atomic E-state index is 0.0151. The number of hydrogen-bond donors (Lipinski definition) is 1. The molecule has 0 saturated carbocycles. The smallest absolute Gasteiger partial charge is 0.233 e. The zero-order chi connectivity index (χ0) is 9.90. The lowest BCUT2D eigenvalue weighted by molar-refractivity contribution is 0.602. The number of anilines is 1. The van der Waals surface area contributed by atoms with Crippen molar-refractivity contribution in [3.8, 4) is 0 Å². The maximum absolute atomic E-state index is 11.1. The molecule has 0 aliphatic rings. The van der Waals surface area contributed by atoms with Crippen LogP contribution < -0.4 is 4.72 Å². The van der Waals surface area contributed by atoms with Crippen LogP contribution in [0.4, 0.5) is 5.82 Å². The summed E-state index contributed by atoms with van der Waals surface area (Å²) >= 11 is 5.57. The summed E-state index contributed by atoms with van der Waals surface area (Å²) in [5.41, 5.74) is 0. The zero-order valence-electron chi connectivity index (χ0n) is 6.99. The van der Waals surface area contributed by atoms with Crippen molar-refractivity contribution in [1.82, 2.24) is 4.98 Å². The summed E-state index contributed by atoms with van der Waals surface area (Å²) < 4.78 is 24.5. The molecular weight excluding hydrogens is 212 g/mol. The zero-order valence-corrected chi connectivity index (χ0v) is 8.56. The second-order valence-corrected chi connectivity index (χ2v) is 4.75. The van der Waals surface area contributed by atoms with E-state index >= 15 is 0 Å². The van der Waals surface area contributed by atoms with Gasteiger partial charge in [0.25, 0.3) is 0 Å². The Morgan fingerprint density at radius 3 is 2.77 bits per heavy atom. The van der Waals surface area contributed by atoms with Crippen LogP contribution in [0.5, 0.6) is 0 Å². The van der Waals surface area contributed by atoms with Crippen molar-refractivity contribution in [2.75, 3.05) is 10.5 Å². The molecule has 0 amide bonds. The average Bonchev–Trinajstić information content (AvgIpc) is 2.03. The van der Waals surface area contributed by atoms with Crippen molar-refractivity contribution in [1.29, 1.82) is 0 Å². The molecule has 0 spiro atoms. The highest BCUT2D eigenvalue weighted by Crippen LogP contribution is 2.10. The van der Waals surface area contributed by atoms with Crippen molar-refractivity contribution in [2.24, 2.45) is 0 Å². The molecule has 0 aliphatic heterocycles. The van der Waals surface area contributed by atoms with Gasteiger partial charge in [0.05, 0.1) is 5.75 Å². The topological polar surface area (TPSA) is 59.1 Å².